The molecule has 1 amide bonds. The normalized spacial score (nSPS) is 14.7. The molecule has 0 aromatic heterocycles. The summed E-state index contributed by atoms with van der Waals surface area (Å²) in [5.41, 5.74) is 0. The van der Waals surface area contributed by atoms with Gasteiger partial charge in [-0.2, -0.15) is 0 Å². The number of nitrogens with one attached hydrogen (secondary N) is 1. The third-order valence-corrected chi connectivity index (χ3v) is 13.8. The second-order valence-corrected chi connectivity index (χ2v) is 23.0. The van der Waals surface area contributed by atoms with E-state index in [4.69, 9.17) is 13.8 Å². The number of likely N-dealkylation sites (N-methyl/N-ethyl adjacent to an activating group) is 1. The predicted octanol–water partition coefficient (Wildman–Crippen LogP) is 19.0. The van der Waals surface area contributed by atoms with Crippen LogP contribution in [-0.2, 0) is 27.9 Å². The first kappa shape index (κ1) is 75.6. The summed E-state index contributed by atoms with van der Waals surface area (Å²) in [5, 5.41) is 3.00. The van der Waals surface area contributed by atoms with Gasteiger partial charge in [0.05, 0.1) is 33.8 Å². The lowest BCUT2D eigenvalue weighted by atomic mass is 10.0. The van der Waals surface area contributed by atoms with Gasteiger partial charge in [0, 0.05) is 12.8 Å². The molecule has 0 radical (unpaired) electrons. The van der Waals surface area contributed by atoms with E-state index in [1.165, 1.54) is 51.4 Å². The van der Waals surface area contributed by atoms with Crippen LogP contribution in [0.4, 0.5) is 0 Å². The highest BCUT2D eigenvalue weighted by atomic mass is 31.2. The summed E-state index contributed by atoms with van der Waals surface area (Å²) in [7, 11) is 1.12. The zero-order valence-corrected chi connectivity index (χ0v) is 52.4. The molecule has 0 fully saturated rings. The van der Waals surface area contributed by atoms with Crippen LogP contribution in [0.2, 0.25) is 0 Å². The summed E-state index contributed by atoms with van der Waals surface area (Å²) in [6.45, 7) is 6.51. The summed E-state index contributed by atoms with van der Waals surface area (Å²) in [4.78, 5) is 40.0. The molecule has 0 rings (SSSR count). The molecule has 10 heteroatoms. The predicted molar refractivity (Wildman–Crippen MR) is 343 cm³/mol. The minimum atomic E-state index is -4.73. The minimum Gasteiger partial charge on any atom is -0.756 e. The van der Waals surface area contributed by atoms with Crippen molar-refractivity contribution in [2.24, 2.45) is 0 Å². The SMILES string of the molecule is CC\C=C/C=C/C=C/C=C\C=C\C=C\CCCCCC(=O)OC(/C=C\CCCCCCCCCCCC)C(COP(=O)([O-])OCC[N+](C)(C)C)NC(=O)CCCCCCCC/C=C\C/C=C\C/C=C\C/C=C\C/C=C\C/C=C\CC. The molecule has 3 unspecified atom stereocenters. The number of rotatable bonds is 54. The van der Waals surface area contributed by atoms with E-state index in [1.54, 1.807) is 6.08 Å². The third-order valence-electron chi connectivity index (χ3n) is 12.9. The summed E-state index contributed by atoms with van der Waals surface area (Å²) in [5.74, 6) is -0.623. The fraction of sp³-hybridized carbons (Fsp3) is 0.600. The first-order chi connectivity index (χ1) is 38.9. The Morgan fingerprint density at radius 3 is 1.36 bits per heavy atom. The molecule has 1 N–H and O–H groups in total. The van der Waals surface area contributed by atoms with Crippen LogP contribution in [0, 0.1) is 0 Å². The lowest BCUT2D eigenvalue weighted by molar-refractivity contribution is -0.870. The maximum atomic E-state index is 13.5. The van der Waals surface area contributed by atoms with Gasteiger partial charge >= 0.3 is 5.97 Å². The van der Waals surface area contributed by atoms with E-state index < -0.39 is 32.5 Å². The van der Waals surface area contributed by atoms with Crippen molar-refractivity contribution in [3.63, 3.8) is 0 Å². The van der Waals surface area contributed by atoms with Gasteiger partial charge < -0.3 is 28.5 Å². The van der Waals surface area contributed by atoms with Crippen molar-refractivity contribution in [1.82, 2.24) is 5.32 Å². The fourth-order valence-electron chi connectivity index (χ4n) is 8.08. The number of hydrogen-bond donors (Lipinski definition) is 1. The van der Waals surface area contributed by atoms with Crippen molar-refractivity contribution >= 4 is 19.7 Å². The highest BCUT2D eigenvalue weighted by Gasteiger charge is 2.27. The molecule has 0 aliphatic heterocycles. The van der Waals surface area contributed by atoms with Gasteiger partial charge in [-0.05, 0) is 102 Å². The molecule has 0 saturated carbocycles. The highest BCUT2D eigenvalue weighted by Crippen LogP contribution is 2.38. The number of unbranched alkanes of at least 4 members (excludes halogenated alkanes) is 19. The Morgan fingerprint density at radius 1 is 0.463 bits per heavy atom. The molecule has 0 aliphatic carbocycles. The molecule has 452 valence electrons. The van der Waals surface area contributed by atoms with Crippen LogP contribution >= 0.6 is 7.82 Å². The molecule has 0 bridgehead atoms. The van der Waals surface area contributed by atoms with Crippen LogP contribution < -0.4 is 10.2 Å². The first-order valence-electron chi connectivity index (χ1n) is 31.4. The molecule has 0 heterocycles. The van der Waals surface area contributed by atoms with Gasteiger partial charge in [0.2, 0.25) is 5.91 Å². The number of phosphoric ester groups is 1. The van der Waals surface area contributed by atoms with Gasteiger partial charge in [-0.1, -0.05) is 263 Å². The number of phosphoric acid groups is 1. The summed E-state index contributed by atoms with van der Waals surface area (Å²) < 4.78 is 30.3. The summed E-state index contributed by atoms with van der Waals surface area (Å²) in [6.07, 6.45) is 85.0. The van der Waals surface area contributed by atoms with Gasteiger partial charge in [0.25, 0.3) is 7.82 Å². The van der Waals surface area contributed by atoms with Crippen LogP contribution in [0.3, 0.4) is 0 Å². The van der Waals surface area contributed by atoms with Gasteiger partial charge in [-0.3, -0.25) is 14.2 Å². The lowest BCUT2D eigenvalue weighted by Gasteiger charge is -2.30. The number of hydrogen-bond acceptors (Lipinski definition) is 7. The van der Waals surface area contributed by atoms with E-state index in [9.17, 15) is 19.0 Å². The second-order valence-electron chi connectivity index (χ2n) is 21.6. The molecule has 3 atom stereocenters. The number of quaternary nitrogens is 1. The quantitative estimate of drug-likeness (QED) is 0.0161. The molecule has 0 aromatic rings. The topological polar surface area (TPSA) is 114 Å². The van der Waals surface area contributed by atoms with Crippen molar-refractivity contribution in [2.75, 3.05) is 40.9 Å². The summed E-state index contributed by atoms with van der Waals surface area (Å²) in [6, 6.07) is -0.928. The van der Waals surface area contributed by atoms with Crippen LogP contribution in [0.5, 0.6) is 0 Å². The van der Waals surface area contributed by atoms with E-state index in [0.29, 0.717) is 23.9 Å². The van der Waals surface area contributed by atoms with Crippen LogP contribution in [-0.4, -0.2) is 69.4 Å². The molecule has 9 nitrogen and oxygen atoms in total. The monoisotopic (exact) mass is 1130 g/mol. The Morgan fingerprint density at radius 2 is 0.863 bits per heavy atom. The standard InChI is InChI=1S/C70H115N2O7P/c1-7-10-13-16-19-22-25-28-30-32-33-34-35-36-37-38-39-41-42-44-47-50-53-56-59-62-69(73)71-67(66-78-80(75,76)77-65-64-72(4,5)6)68(61-58-55-52-49-46-27-24-21-18-15-12-9-3)79-70(74)63-60-57-54-51-48-45-43-40-31-29-26-23-20-17-14-11-8-2/h10-11,13-14,17,19-20,22-23,26,28-31,33-34,36-37,39-41,43,45,48,58,61,67-68H,7-9,12,15-16,18,21,24-25,27,32,35,38,42,44,46-47,49-57,59-60,62-66H2,1-6H3,(H-,71,73,75,76)/b13-10-,14-11-,20-17+,22-19-,26-23+,30-28-,31-29-,34-33-,37-36-,41-39-,43-40+,48-45+,61-58-. The van der Waals surface area contributed by atoms with E-state index in [-0.39, 0.29) is 25.4 Å². The van der Waals surface area contributed by atoms with Crippen LogP contribution in [0.15, 0.2) is 158 Å². The Kier molecular flexibility index (Phi) is 54.7. The average Bonchev–Trinajstić information content (AvgIpc) is 3.42. The summed E-state index contributed by atoms with van der Waals surface area (Å²) >= 11 is 0. The Labute approximate surface area is 490 Å². The minimum absolute atomic E-state index is 0.0430. The van der Waals surface area contributed by atoms with Gasteiger partial charge in [-0.15, -0.1) is 0 Å². The fourth-order valence-corrected chi connectivity index (χ4v) is 8.81. The Balaban J connectivity index is 5.33. The van der Waals surface area contributed by atoms with E-state index in [1.807, 2.05) is 88.0 Å². The number of esters is 1. The van der Waals surface area contributed by atoms with Gasteiger partial charge in [-0.25, -0.2) is 0 Å². The zero-order valence-electron chi connectivity index (χ0n) is 51.5. The average molecular weight is 1130 g/mol. The van der Waals surface area contributed by atoms with Crippen LogP contribution in [0.25, 0.3) is 0 Å². The van der Waals surface area contributed by atoms with Crippen molar-refractivity contribution in [3.8, 4) is 0 Å². The number of ether oxygens (including phenoxy) is 1. The number of carbonyl (C=O) groups excluding carboxylic acids is 2. The number of nitrogens with zero attached hydrogens (tertiary/aromatic N) is 1. The molecular formula is C70H115N2O7P. The smallest absolute Gasteiger partial charge is 0.306 e. The largest absolute Gasteiger partial charge is 0.756 e. The number of carbonyl (C=O) groups is 2. The van der Waals surface area contributed by atoms with Crippen molar-refractivity contribution in [3.05, 3.63) is 158 Å². The van der Waals surface area contributed by atoms with Crippen molar-refractivity contribution in [1.29, 1.82) is 0 Å². The van der Waals surface area contributed by atoms with Gasteiger partial charge in [0.15, 0.2) is 0 Å². The Hall–Kier alpha value is -4.37. The maximum Gasteiger partial charge on any atom is 0.306 e. The van der Waals surface area contributed by atoms with E-state index >= 15 is 0 Å². The molecule has 80 heavy (non-hydrogen) atoms. The second kappa shape index (κ2) is 57.8. The molecule has 0 aromatic carbocycles. The first-order valence-corrected chi connectivity index (χ1v) is 32.8. The number of allylic oxidation sites excluding steroid dienone is 25. The lowest BCUT2D eigenvalue weighted by Crippen LogP contribution is -2.47. The van der Waals surface area contributed by atoms with Crippen molar-refractivity contribution in [2.45, 2.75) is 232 Å². The van der Waals surface area contributed by atoms with E-state index in [0.717, 1.165) is 122 Å². The Bertz CT molecular complexity index is 1920. The molecule has 0 saturated heterocycles. The third kappa shape index (κ3) is 58.3. The highest BCUT2D eigenvalue weighted by molar-refractivity contribution is 7.45. The zero-order chi connectivity index (χ0) is 58.6. The van der Waals surface area contributed by atoms with Crippen LogP contribution in [0.1, 0.15) is 220 Å². The maximum absolute atomic E-state index is 13.5. The molecule has 0 aliphatic rings. The molecular weight excluding hydrogens is 1010 g/mol. The number of amides is 1. The van der Waals surface area contributed by atoms with E-state index in [2.05, 4.69) is 111 Å². The van der Waals surface area contributed by atoms with Crippen molar-refractivity contribution < 1.29 is 37.3 Å². The molecule has 0 spiro atoms. The van der Waals surface area contributed by atoms with Gasteiger partial charge in [0.1, 0.15) is 19.3 Å².